The molecule has 0 saturated carbocycles. The molecule has 1 fully saturated rings. The van der Waals surface area contributed by atoms with Gasteiger partial charge in [-0.1, -0.05) is 6.07 Å². The average Bonchev–Trinajstić information content (AvgIpc) is 3.11. The van der Waals surface area contributed by atoms with E-state index in [1.54, 1.807) is 12.1 Å². The Hall–Kier alpha value is -2.34. The van der Waals surface area contributed by atoms with Gasteiger partial charge in [0.05, 0.1) is 6.26 Å². The molecule has 0 bridgehead atoms. The molecular formula is C16H20N4O2. The van der Waals surface area contributed by atoms with Crippen molar-refractivity contribution in [2.24, 2.45) is 0 Å². The number of carbonyl (C=O) groups excluding carboxylic acids is 1. The molecule has 0 unspecified atom stereocenters. The number of furan rings is 1. The van der Waals surface area contributed by atoms with Gasteiger partial charge in [0.15, 0.2) is 5.76 Å². The van der Waals surface area contributed by atoms with Crippen LogP contribution in [0.25, 0.3) is 0 Å². The fourth-order valence-electron chi connectivity index (χ4n) is 2.56. The Bertz CT molecular complexity index is 577. The minimum atomic E-state index is -0.155. The van der Waals surface area contributed by atoms with Gasteiger partial charge in [0.25, 0.3) is 5.91 Å². The average molecular weight is 300 g/mol. The number of carbonyl (C=O) groups is 1. The van der Waals surface area contributed by atoms with Gasteiger partial charge >= 0.3 is 0 Å². The van der Waals surface area contributed by atoms with Gasteiger partial charge in [0.2, 0.25) is 0 Å². The van der Waals surface area contributed by atoms with Gasteiger partial charge in [-0.2, -0.15) is 0 Å². The van der Waals surface area contributed by atoms with Gasteiger partial charge < -0.3 is 14.6 Å². The fraction of sp³-hybridized carbons (Fsp3) is 0.375. The van der Waals surface area contributed by atoms with E-state index in [2.05, 4.69) is 20.1 Å². The van der Waals surface area contributed by atoms with Crippen molar-refractivity contribution in [3.05, 3.63) is 48.6 Å². The molecule has 0 atom stereocenters. The number of nitrogens with zero attached hydrogens (tertiary/aromatic N) is 3. The predicted molar refractivity (Wildman–Crippen MR) is 83.9 cm³/mol. The normalized spacial score (nSPS) is 15.7. The summed E-state index contributed by atoms with van der Waals surface area (Å²) in [5.74, 6) is 1.24. The van der Waals surface area contributed by atoms with Gasteiger partial charge in [0, 0.05) is 45.5 Å². The molecule has 0 radical (unpaired) electrons. The first-order valence-electron chi connectivity index (χ1n) is 7.53. The summed E-state index contributed by atoms with van der Waals surface area (Å²) in [5.41, 5.74) is 0. The molecule has 2 aromatic rings. The lowest BCUT2D eigenvalue weighted by molar-refractivity contribution is 0.0920. The third kappa shape index (κ3) is 3.65. The Labute approximate surface area is 129 Å². The van der Waals surface area contributed by atoms with Crippen LogP contribution in [-0.4, -0.2) is 55.1 Å². The second-order valence-electron chi connectivity index (χ2n) is 5.25. The van der Waals surface area contributed by atoms with Crippen LogP contribution in [0.15, 0.2) is 47.2 Å². The van der Waals surface area contributed by atoms with Gasteiger partial charge in [-0.25, -0.2) is 4.98 Å². The minimum absolute atomic E-state index is 0.155. The Morgan fingerprint density at radius 3 is 2.73 bits per heavy atom. The van der Waals surface area contributed by atoms with Crippen LogP contribution in [0.2, 0.25) is 0 Å². The van der Waals surface area contributed by atoms with Crippen LogP contribution >= 0.6 is 0 Å². The van der Waals surface area contributed by atoms with E-state index in [1.165, 1.54) is 6.26 Å². The summed E-state index contributed by atoms with van der Waals surface area (Å²) in [6.07, 6.45) is 3.33. The SMILES string of the molecule is O=C(NCCN1CCN(c2ccccn2)CC1)c1ccco1. The van der Waals surface area contributed by atoms with Crippen molar-refractivity contribution in [3.63, 3.8) is 0 Å². The summed E-state index contributed by atoms with van der Waals surface area (Å²) < 4.78 is 5.06. The molecule has 3 heterocycles. The zero-order valence-corrected chi connectivity index (χ0v) is 12.4. The topological polar surface area (TPSA) is 61.6 Å². The summed E-state index contributed by atoms with van der Waals surface area (Å²) in [7, 11) is 0. The number of anilines is 1. The molecule has 0 aromatic carbocycles. The fourth-order valence-corrected chi connectivity index (χ4v) is 2.56. The molecule has 2 aromatic heterocycles. The molecule has 6 heteroatoms. The van der Waals surface area contributed by atoms with Crippen molar-refractivity contribution < 1.29 is 9.21 Å². The van der Waals surface area contributed by atoms with Crippen molar-refractivity contribution in [2.45, 2.75) is 0 Å². The van der Waals surface area contributed by atoms with E-state index in [0.29, 0.717) is 12.3 Å². The minimum Gasteiger partial charge on any atom is -0.459 e. The maximum Gasteiger partial charge on any atom is 0.287 e. The lowest BCUT2D eigenvalue weighted by atomic mass is 10.3. The number of nitrogens with one attached hydrogen (secondary N) is 1. The van der Waals surface area contributed by atoms with Crippen molar-refractivity contribution in [1.82, 2.24) is 15.2 Å². The molecular weight excluding hydrogens is 280 g/mol. The lowest BCUT2D eigenvalue weighted by Gasteiger charge is -2.35. The molecule has 0 spiro atoms. The standard InChI is InChI=1S/C16H20N4O2/c21-16(14-4-3-13-22-14)18-7-8-19-9-11-20(12-10-19)15-5-1-2-6-17-15/h1-6,13H,7-12H2,(H,18,21). The summed E-state index contributed by atoms with van der Waals surface area (Å²) in [4.78, 5) is 20.8. The molecule has 1 saturated heterocycles. The maximum absolute atomic E-state index is 11.7. The Morgan fingerprint density at radius 2 is 2.05 bits per heavy atom. The van der Waals surface area contributed by atoms with E-state index in [0.717, 1.165) is 38.5 Å². The van der Waals surface area contributed by atoms with Crippen LogP contribution in [0.1, 0.15) is 10.6 Å². The van der Waals surface area contributed by atoms with Gasteiger partial charge in [-0.3, -0.25) is 9.69 Å². The van der Waals surface area contributed by atoms with Crippen LogP contribution in [0.3, 0.4) is 0 Å². The highest BCUT2D eigenvalue weighted by Crippen LogP contribution is 2.12. The van der Waals surface area contributed by atoms with Crippen LogP contribution in [0.4, 0.5) is 5.82 Å². The molecule has 3 rings (SSSR count). The molecule has 116 valence electrons. The Morgan fingerprint density at radius 1 is 1.18 bits per heavy atom. The highest BCUT2D eigenvalue weighted by Gasteiger charge is 2.17. The van der Waals surface area contributed by atoms with Crippen LogP contribution in [0.5, 0.6) is 0 Å². The van der Waals surface area contributed by atoms with E-state index in [9.17, 15) is 4.79 Å². The number of aromatic nitrogens is 1. The zero-order valence-electron chi connectivity index (χ0n) is 12.4. The number of rotatable bonds is 5. The number of hydrogen-bond donors (Lipinski definition) is 1. The van der Waals surface area contributed by atoms with Gasteiger partial charge in [-0.15, -0.1) is 0 Å². The van der Waals surface area contributed by atoms with E-state index in [1.807, 2.05) is 24.4 Å². The third-order valence-electron chi connectivity index (χ3n) is 3.80. The quantitative estimate of drug-likeness (QED) is 0.900. The van der Waals surface area contributed by atoms with Crippen molar-refractivity contribution >= 4 is 11.7 Å². The van der Waals surface area contributed by atoms with Gasteiger partial charge in [-0.05, 0) is 24.3 Å². The van der Waals surface area contributed by atoms with Gasteiger partial charge in [0.1, 0.15) is 5.82 Å². The van der Waals surface area contributed by atoms with E-state index >= 15 is 0 Å². The maximum atomic E-state index is 11.7. The molecule has 1 aliphatic rings. The predicted octanol–water partition coefficient (Wildman–Crippen LogP) is 1.23. The van der Waals surface area contributed by atoms with Crippen molar-refractivity contribution in [3.8, 4) is 0 Å². The second-order valence-corrected chi connectivity index (χ2v) is 5.25. The first-order valence-corrected chi connectivity index (χ1v) is 7.53. The van der Waals surface area contributed by atoms with Crippen molar-refractivity contribution in [1.29, 1.82) is 0 Å². The number of amides is 1. The monoisotopic (exact) mass is 300 g/mol. The third-order valence-corrected chi connectivity index (χ3v) is 3.80. The molecule has 1 aliphatic heterocycles. The Balaban J connectivity index is 1.38. The van der Waals surface area contributed by atoms with E-state index < -0.39 is 0 Å². The highest BCUT2D eigenvalue weighted by molar-refractivity contribution is 5.91. The molecule has 0 aliphatic carbocycles. The first kappa shape index (κ1) is 14.6. The molecule has 22 heavy (non-hydrogen) atoms. The van der Waals surface area contributed by atoms with Crippen molar-refractivity contribution in [2.75, 3.05) is 44.2 Å². The molecule has 1 N–H and O–H groups in total. The molecule has 1 amide bonds. The summed E-state index contributed by atoms with van der Waals surface area (Å²) in [6, 6.07) is 9.37. The highest BCUT2D eigenvalue weighted by atomic mass is 16.3. The number of pyridine rings is 1. The molecule has 6 nitrogen and oxygen atoms in total. The Kier molecular flexibility index (Phi) is 4.70. The van der Waals surface area contributed by atoms with E-state index in [4.69, 9.17) is 4.42 Å². The van der Waals surface area contributed by atoms with E-state index in [-0.39, 0.29) is 5.91 Å². The largest absolute Gasteiger partial charge is 0.459 e. The summed E-state index contributed by atoms with van der Waals surface area (Å²) in [6.45, 7) is 5.36. The lowest BCUT2D eigenvalue weighted by Crippen LogP contribution is -2.48. The summed E-state index contributed by atoms with van der Waals surface area (Å²) >= 11 is 0. The number of piperazine rings is 1. The summed E-state index contributed by atoms with van der Waals surface area (Å²) in [5, 5.41) is 2.87. The first-order chi connectivity index (χ1) is 10.8. The van der Waals surface area contributed by atoms with Crippen LogP contribution in [-0.2, 0) is 0 Å². The second kappa shape index (κ2) is 7.09. The smallest absolute Gasteiger partial charge is 0.287 e. The van der Waals surface area contributed by atoms with Crippen LogP contribution in [0, 0.1) is 0 Å². The number of hydrogen-bond acceptors (Lipinski definition) is 5. The zero-order chi connectivity index (χ0) is 15.2. The van der Waals surface area contributed by atoms with Crippen LogP contribution < -0.4 is 10.2 Å².